The van der Waals surface area contributed by atoms with E-state index in [0.717, 1.165) is 22.3 Å². The molecule has 8 nitrogen and oxygen atoms in total. The molecule has 0 aliphatic carbocycles. The van der Waals surface area contributed by atoms with Crippen LogP contribution in [0.25, 0.3) is 28.0 Å². The lowest BCUT2D eigenvalue weighted by Crippen LogP contribution is -2.36. The minimum atomic E-state index is -4.48. The molecule has 2 amide bonds. The van der Waals surface area contributed by atoms with Gasteiger partial charge in [-0.2, -0.15) is 13.2 Å². The number of aromatic nitrogens is 2. The molecule has 2 aromatic carbocycles. The summed E-state index contributed by atoms with van der Waals surface area (Å²) < 4.78 is 38.7. The number of alkyl halides is 3. The summed E-state index contributed by atoms with van der Waals surface area (Å²) in [7, 11) is 0. The third-order valence-electron chi connectivity index (χ3n) is 4.99. The summed E-state index contributed by atoms with van der Waals surface area (Å²) in [5.74, 6) is 0. The molecule has 2 heterocycles. The third-order valence-corrected chi connectivity index (χ3v) is 4.99. The second kappa shape index (κ2) is 11.8. The third kappa shape index (κ3) is 7.31. The second-order valence-corrected chi connectivity index (χ2v) is 7.59. The number of benzene rings is 2. The lowest BCUT2D eigenvalue weighted by molar-refractivity contribution is -0.123. The van der Waals surface area contributed by atoms with Gasteiger partial charge in [-0.05, 0) is 47.4 Å². The number of carboxylic acid groups (broad SMARTS) is 1. The quantitative estimate of drug-likeness (QED) is 0.289. The molecule has 0 saturated heterocycles. The van der Waals surface area contributed by atoms with Gasteiger partial charge in [-0.15, -0.1) is 0 Å². The topological polar surface area (TPSA) is 116 Å². The van der Waals surface area contributed by atoms with Crippen LogP contribution in [0.4, 0.5) is 23.7 Å². The van der Waals surface area contributed by atoms with E-state index < -0.39 is 18.8 Å². The monoisotopic (exact) mass is 500 g/mol. The van der Waals surface area contributed by atoms with E-state index in [1.54, 1.807) is 29.6 Å². The Morgan fingerprint density at radius 3 is 2.44 bits per heavy atom. The number of hydrogen-bond donors (Lipinski definition) is 4. The van der Waals surface area contributed by atoms with Crippen LogP contribution in [0.2, 0.25) is 0 Å². The highest BCUT2D eigenvalue weighted by Gasteiger charge is 2.27. The van der Waals surface area contributed by atoms with Gasteiger partial charge in [0.2, 0.25) is 0 Å². The number of imidazole rings is 1. The normalized spacial score (nSPS) is 10.9. The summed E-state index contributed by atoms with van der Waals surface area (Å²) in [4.78, 5) is 24.8. The first-order valence-corrected chi connectivity index (χ1v) is 10.7. The number of hydrogen-bond acceptors (Lipinski definition) is 4. The van der Waals surface area contributed by atoms with Crippen molar-refractivity contribution in [3.05, 3.63) is 78.6 Å². The van der Waals surface area contributed by atoms with Crippen LogP contribution in [-0.4, -0.2) is 51.4 Å². The van der Waals surface area contributed by atoms with Crippen molar-refractivity contribution in [2.24, 2.45) is 0 Å². The molecule has 0 bridgehead atoms. The molecule has 0 fully saturated rings. The fourth-order valence-electron chi connectivity index (χ4n) is 3.45. The molecule has 0 atom stereocenters. The average Bonchev–Trinajstić information content (AvgIpc) is 3.27. The van der Waals surface area contributed by atoms with Crippen LogP contribution in [0.5, 0.6) is 0 Å². The fourth-order valence-corrected chi connectivity index (χ4v) is 3.45. The first kappa shape index (κ1) is 26.2. The second-order valence-electron chi connectivity index (χ2n) is 7.59. The fraction of sp³-hybridized carbons (Fsp3) is 0.160. The van der Waals surface area contributed by atoms with Crippen molar-refractivity contribution in [1.29, 1.82) is 0 Å². The molecule has 4 N–H and O–H groups in total. The standard InChI is InChI=1S/C24H21F3N4O2.CH2O2/c25-24(26,27)15-28-23(33)29-20-6-2-5-19(12-20)21-14-31-9-7-18(13-22(31)30-21)17-4-1-3-16(11-17)8-10-32;2-1-3/h1-7,9,11-14,32H,8,10,15H2,(H2,28,29,33);1H,(H,2,3). The first-order chi connectivity index (χ1) is 17.2. The van der Waals surface area contributed by atoms with Gasteiger partial charge in [0, 0.05) is 30.3 Å². The van der Waals surface area contributed by atoms with E-state index in [0.29, 0.717) is 23.4 Å². The van der Waals surface area contributed by atoms with Crippen LogP contribution < -0.4 is 10.6 Å². The number of anilines is 1. The lowest BCUT2D eigenvalue weighted by Gasteiger charge is -2.10. The number of urea groups is 1. The molecule has 4 rings (SSSR count). The first-order valence-electron chi connectivity index (χ1n) is 10.7. The largest absolute Gasteiger partial charge is 0.483 e. The Bertz CT molecular complexity index is 1340. The molecule has 0 aliphatic heterocycles. The van der Waals surface area contributed by atoms with Crippen LogP contribution >= 0.6 is 0 Å². The SMILES string of the molecule is O=C(NCC(F)(F)F)Nc1cccc(-c2cn3ccc(-c4cccc(CCO)c4)cc3n2)c1.O=CO. The van der Waals surface area contributed by atoms with Crippen molar-refractivity contribution in [3.63, 3.8) is 0 Å². The van der Waals surface area contributed by atoms with Gasteiger partial charge in [-0.1, -0.05) is 36.4 Å². The van der Waals surface area contributed by atoms with Gasteiger partial charge < -0.3 is 25.2 Å². The van der Waals surface area contributed by atoms with Crippen molar-refractivity contribution < 1.29 is 33.0 Å². The lowest BCUT2D eigenvalue weighted by atomic mass is 10.0. The maximum Gasteiger partial charge on any atom is 0.405 e. The molecule has 2 aromatic heterocycles. The van der Waals surface area contributed by atoms with Gasteiger partial charge in [-0.25, -0.2) is 9.78 Å². The number of aliphatic hydroxyl groups excluding tert-OH is 1. The zero-order valence-corrected chi connectivity index (χ0v) is 18.9. The smallest absolute Gasteiger partial charge is 0.405 e. The number of carbonyl (C=O) groups excluding carboxylic acids is 1. The van der Waals surface area contributed by atoms with E-state index in [1.165, 1.54) is 0 Å². The van der Waals surface area contributed by atoms with Gasteiger partial charge in [0.05, 0.1) is 5.69 Å². The van der Waals surface area contributed by atoms with Gasteiger partial charge in [-0.3, -0.25) is 4.79 Å². The van der Waals surface area contributed by atoms with Crippen molar-refractivity contribution in [2.45, 2.75) is 12.6 Å². The number of amides is 2. The van der Waals surface area contributed by atoms with E-state index in [-0.39, 0.29) is 13.1 Å². The Balaban J connectivity index is 0.00000115. The van der Waals surface area contributed by atoms with E-state index >= 15 is 0 Å². The van der Waals surface area contributed by atoms with Gasteiger partial charge in [0.15, 0.2) is 0 Å². The summed E-state index contributed by atoms with van der Waals surface area (Å²) in [6.07, 6.45) is -0.159. The molecule has 0 spiro atoms. The minimum Gasteiger partial charge on any atom is -0.483 e. The zero-order chi connectivity index (χ0) is 26.1. The number of pyridine rings is 1. The molecule has 0 unspecified atom stereocenters. The average molecular weight is 500 g/mol. The highest BCUT2D eigenvalue weighted by Crippen LogP contribution is 2.26. The Kier molecular flexibility index (Phi) is 8.63. The zero-order valence-electron chi connectivity index (χ0n) is 18.9. The number of aliphatic hydroxyl groups is 1. The summed E-state index contributed by atoms with van der Waals surface area (Å²) in [5, 5.41) is 20.2. The van der Waals surface area contributed by atoms with Crippen LogP contribution in [0.3, 0.4) is 0 Å². The van der Waals surface area contributed by atoms with Gasteiger partial charge in [0.25, 0.3) is 6.47 Å². The molecule has 4 aromatic rings. The maximum atomic E-state index is 12.3. The van der Waals surface area contributed by atoms with Crippen LogP contribution in [0.1, 0.15) is 5.56 Å². The molecule has 36 heavy (non-hydrogen) atoms. The van der Waals surface area contributed by atoms with Crippen molar-refractivity contribution >= 4 is 23.8 Å². The number of halogens is 3. The van der Waals surface area contributed by atoms with Crippen molar-refractivity contribution in [2.75, 3.05) is 18.5 Å². The highest BCUT2D eigenvalue weighted by molar-refractivity contribution is 5.90. The molecule has 11 heteroatoms. The van der Waals surface area contributed by atoms with E-state index in [1.807, 2.05) is 53.2 Å². The van der Waals surface area contributed by atoms with Crippen molar-refractivity contribution in [3.8, 4) is 22.4 Å². The minimum absolute atomic E-state index is 0.0873. The number of nitrogens with one attached hydrogen (secondary N) is 2. The molecule has 188 valence electrons. The van der Waals surface area contributed by atoms with Gasteiger partial charge in [0.1, 0.15) is 12.2 Å². The number of fused-ring (bicyclic) bond motifs is 1. The Hall–Kier alpha value is -4.38. The van der Waals surface area contributed by atoms with Crippen LogP contribution in [-0.2, 0) is 11.2 Å². The Morgan fingerprint density at radius 2 is 1.72 bits per heavy atom. The van der Waals surface area contributed by atoms with E-state index in [2.05, 4.69) is 10.3 Å². The Morgan fingerprint density at radius 1 is 1.03 bits per heavy atom. The maximum absolute atomic E-state index is 12.3. The summed E-state index contributed by atoms with van der Waals surface area (Å²) in [6.45, 7) is -1.57. The van der Waals surface area contributed by atoms with Crippen LogP contribution in [0.15, 0.2) is 73.1 Å². The van der Waals surface area contributed by atoms with Crippen LogP contribution in [0, 0.1) is 0 Å². The van der Waals surface area contributed by atoms with E-state index in [9.17, 15) is 23.1 Å². The molecular weight excluding hydrogens is 477 g/mol. The summed E-state index contributed by atoms with van der Waals surface area (Å²) in [5.41, 5.74) is 5.48. The summed E-state index contributed by atoms with van der Waals surface area (Å²) >= 11 is 0. The van der Waals surface area contributed by atoms with Gasteiger partial charge >= 0.3 is 12.2 Å². The highest BCUT2D eigenvalue weighted by atomic mass is 19.4. The number of nitrogens with zero attached hydrogens (tertiary/aromatic N) is 2. The number of rotatable bonds is 6. The predicted octanol–water partition coefficient (Wildman–Crippen LogP) is 4.59. The molecule has 0 aliphatic rings. The Labute approximate surface area is 204 Å². The predicted molar refractivity (Wildman–Crippen MR) is 129 cm³/mol. The van der Waals surface area contributed by atoms with Crippen molar-refractivity contribution in [1.82, 2.24) is 14.7 Å². The van der Waals surface area contributed by atoms with E-state index in [4.69, 9.17) is 9.90 Å². The number of carbonyl (C=O) groups is 2. The molecule has 0 saturated carbocycles. The summed E-state index contributed by atoms with van der Waals surface area (Å²) in [6, 6.07) is 17.7. The molecule has 0 radical (unpaired) electrons. The molecular formula is C25H23F3N4O4.